The van der Waals surface area contributed by atoms with Crippen molar-refractivity contribution >= 4 is 0 Å². The number of aliphatic hydroxyl groups excluding tert-OH is 1. The van der Waals surface area contributed by atoms with E-state index < -0.39 is 0 Å². The van der Waals surface area contributed by atoms with Gasteiger partial charge < -0.3 is 15.2 Å². The molecule has 3 heteroatoms. The van der Waals surface area contributed by atoms with Crippen molar-refractivity contribution in [2.45, 2.75) is 26.7 Å². The van der Waals surface area contributed by atoms with Crippen molar-refractivity contribution in [3.63, 3.8) is 0 Å². The van der Waals surface area contributed by atoms with Crippen molar-refractivity contribution < 1.29 is 9.84 Å². The molecule has 20 heavy (non-hydrogen) atoms. The Kier molecular flexibility index (Phi) is 5.16. The zero-order chi connectivity index (χ0) is 14.4. The molecule has 0 radical (unpaired) electrons. The van der Waals surface area contributed by atoms with Gasteiger partial charge in [0.05, 0.1) is 6.61 Å². The van der Waals surface area contributed by atoms with E-state index in [1.165, 1.54) is 11.1 Å². The lowest BCUT2D eigenvalue weighted by molar-refractivity contribution is 0.281. The molecule has 2 N–H and O–H groups in total. The van der Waals surface area contributed by atoms with Crippen molar-refractivity contribution in [1.82, 2.24) is 5.32 Å². The molecule has 0 spiro atoms. The van der Waals surface area contributed by atoms with E-state index in [-0.39, 0.29) is 6.61 Å². The highest BCUT2D eigenvalue weighted by Gasteiger charge is 2.04. The third-order valence-electron chi connectivity index (χ3n) is 3.18. The Morgan fingerprint density at radius 1 is 1.05 bits per heavy atom. The Morgan fingerprint density at radius 3 is 2.40 bits per heavy atom. The summed E-state index contributed by atoms with van der Waals surface area (Å²) in [5.74, 6) is 0.913. The molecule has 106 valence electrons. The molecule has 0 amide bonds. The van der Waals surface area contributed by atoms with E-state index >= 15 is 0 Å². The molecule has 0 bridgehead atoms. The van der Waals surface area contributed by atoms with Crippen LogP contribution in [0.4, 0.5) is 0 Å². The first-order valence-corrected chi connectivity index (χ1v) is 6.78. The van der Waals surface area contributed by atoms with E-state index in [1.807, 2.05) is 37.4 Å². The van der Waals surface area contributed by atoms with Crippen LogP contribution in [0.15, 0.2) is 42.5 Å². The lowest BCUT2D eigenvalue weighted by atomic mass is 10.1. The molecular formula is C17H21NO2. The van der Waals surface area contributed by atoms with E-state index in [0.29, 0.717) is 6.61 Å². The number of ether oxygens (including phenoxy) is 1. The molecule has 0 heterocycles. The quantitative estimate of drug-likeness (QED) is 0.849. The number of hydrogen-bond acceptors (Lipinski definition) is 3. The molecule has 2 aromatic carbocycles. The third-order valence-corrected chi connectivity index (χ3v) is 3.18. The molecular weight excluding hydrogens is 250 g/mol. The maximum atomic E-state index is 9.02. The lowest BCUT2D eigenvalue weighted by Crippen LogP contribution is -2.08. The Bertz CT molecular complexity index is 549. The standard InChI is InChI=1S/C17H21NO2/c1-13-3-8-17(16(9-13)10-18-2)20-12-15-6-4-14(11-19)5-7-15/h3-9,18-19H,10-12H2,1-2H3. The predicted octanol–water partition coefficient (Wildman–Crippen LogP) is 2.79. The predicted molar refractivity (Wildman–Crippen MR) is 80.6 cm³/mol. The summed E-state index contributed by atoms with van der Waals surface area (Å²) in [6.07, 6.45) is 0. The van der Waals surface area contributed by atoms with Gasteiger partial charge in [-0.05, 0) is 31.2 Å². The molecule has 2 rings (SSSR count). The van der Waals surface area contributed by atoms with Crippen molar-refractivity contribution in [2.75, 3.05) is 7.05 Å². The summed E-state index contributed by atoms with van der Waals surface area (Å²) < 4.78 is 5.90. The first-order chi connectivity index (χ1) is 9.72. The van der Waals surface area contributed by atoms with E-state index in [0.717, 1.165) is 23.4 Å². The first-order valence-electron chi connectivity index (χ1n) is 6.78. The van der Waals surface area contributed by atoms with Gasteiger partial charge >= 0.3 is 0 Å². The monoisotopic (exact) mass is 271 g/mol. The number of aryl methyl sites for hydroxylation is 1. The van der Waals surface area contributed by atoms with Crippen LogP contribution in [-0.2, 0) is 19.8 Å². The third kappa shape index (κ3) is 3.83. The molecule has 0 aromatic heterocycles. The Morgan fingerprint density at radius 2 is 1.75 bits per heavy atom. The first kappa shape index (κ1) is 14.6. The molecule has 0 unspecified atom stereocenters. The van der Waals surface area contributed by atoms with E-state index in [2.05, 4.69) is 24.4 Å². The second kappa shape index (κ2) is 7.08. The Labute approximate surface area is 120 Å². The number of benzene rings is 2. The summed E-state index contributed by atoms with van der Waals surface area (Å²) >= 11 is 0. The van der Waals surface area contributed by atoms with Crippen LogP contribution in [0, 0.1) is 6.92 Å². The summed E-state index contributed by atoms with van der Waals surface area (Å²) in [4.78, 5) is 0. The van der Waals surface area contributed by atoms with Crippen molar-refractivity contribution in [3.05, 3.63) is 64.7 Å². The fraction of sp³-hybridized carbons (Fsp3) is 0.294. The second-order valence-electron chi connectivity index (χ2n) is 4.90. The van der Waals surface area contributed by atoms with Gasteiger partial charge in [0.25, 0.3) is 0 Å². The average Bonchev–Trinajstić information content (AvgIpc) is 2.47. The summed E-state index contributed by atoms with van der Waals surface area (Å²) in [6, 6.07) is 14.0. The van der Waals surface area contributed by atoms with Crippen molar-refractivity contribution in [1.29, 1.82) is 0 Å². The van der Waals surface area contributed by atoms with Crippen LogP contribution in [0.2, 0.25) is 0 Å². The van der Waals surface area contributed by atoms with Crippen LogP contribution < -0.4 is 10.1 Å². The fourth-order valence-corrected chi connectivity index (χ4v) is 2.08. The molecule has 0 fully saturated rings. The minimum atomic E-state index is 0.0748. The van der Waals surface area contributed by atoms with Crippen LogP contribution in [0.3, 0.4) is 0 Å². The Balaban J connectivity index is 2.05. The molecule has 0 saturated heterocycles. The van der Waals surface area contributed by atoms with Crippen LogP contribution in [0.5, 0.6) is 5.75 Å². The van der Waals surface area contributed by atoms with E-state index in [1.54, 1.807) is 0 Å². The number of hydrogen-bond donors (Lipinski definition) is 2. The summed E-state index contributed by atoms with van der Waals surface area (Å²) in [5, 5.41) is 12.2. The minimum Gasteiger partial charge on any atom is -0.489 e. The smallest absolute Gasteiger partial charge is 0.124 e. The molecule has 0 aliphatic heterocycles. The van der Waals surface area contributed by atoms with Gasteiger partial charge in [0.2, 0.25) is 0 Å². The highest BCUT2D eigenvalue weighted by atomic mass is 16.5. The van der Waals surface area contributed by atoms with Gasteiger partial charge in [-0.1, -0.05) is 42.0 Å². The molecule has 2 aromatic rings. The minimum absolute atomic E-state index is 0.0748. The van der Waals surface area contributed by atoms with Gasteiger partial charge in [-0.15, -0.1) is 0 Å². The SMILES string of the molecule is CNCc1cc(C)ccc1OCc1ccc(CO)cc1. The zero-order valence-electron chi connectivity index (χ0n) is 12.0. The van der Waals surface area contributed by atoms with Crippen molar-refractivity contribution in [3.8, 4) is 5.75 Å². The molecule has 0 aliphatic rings. The van der Waals surface area contributed by atoms with Gasteiger partial charge in [-0.3, -0.25) is 0 Å². The summed E-state index contributed by atoms with van der Waals surface area (Å²) in [6.45, 7) is 3.48. The van der Waals surface area contributed by atoms with E-state index in [4.69, 9.17) is 9.84 Å². The van der Waals surface area contributed by atoms with Gasteiger partial charge in [-0.2, -0.15) is 0 Å². The van der Waals surface area contributed by atoms with Crippen LogP contribution in [0.25, 0.3) is 0 Å². The van der Waals surface area contributed by atoms with Gasteiger partial charge in [0, 0.05) is 12.1 Å². The number of nitrogens with one attached hydrogen (secondary N) is 1. The maximum Gasteiger partial charge on any atom is 0.124 e. The topological polar surface area (TPSA) is 41.5 Å². The average molecular weight is 271 g/mol. The van der Waals surface area contributed by atoms with Crippen LogP contribution in [0.1, 0.15) is 22.3 Å². The molecule has 0 atom stereocenters. The molecule has 0 aliphatic carbocycles. The summed E-state index contributed by atoms with van der Waals surface area (Å²) in [7, 11) is 1.93. The molecule has 3 nitrogen and oxygen atoms in total. The second-order valence-corrected chi connectivity index (χ2v) is 4.90. The lowest BCUT2D eigenvalue weighted by Gasteiger charge is -2.12. The number of rotatable bonds is 6. The van der Waals surface area contributed by atoms with Gasteiger partial charge in [0.15, 0.2) is 0 Å². The Hall–Kier alpha value is -1.84. The number of aliphatic hydroxyl groups is 1. The highest BCUT2D eigenvalue weighted by Crippen LogP contribution is 2.21. The van der Waals surface area contributed by atoms with Crippen LogP contribution >= 0.6 is 0 Å². The summed E-state index contributed by atoms with van der Waals surface area (Å²) in [5.41, 5.74) is 4.41. The molecule has 0 saturated carbocycles. The normalized spacial score (nSPS) is 10.6. The largest absolute Gasteiger partial charge is 0.489 e. The van der Waals surface area contributed by atoms with Crippen molar-refractivity contribution in [2.24, 2.45) is 0 Å². The maximum absolute atomic E-state index is 9.02. The van der Waals surface area contributed by atoms with E-state index in [9.17, 15) is 0 Å². The van der Waals surface area contributed by atoms with Crippen LogP contribution in [-0.4, -0.2) is 12.2 Å². The fourth-order valence-electron chi connectivity index (χ4n) is 2.08. The zero-order valence-corrected chi connectivity index (χ0v) is 12.0. The highest BCUT2D eigenvalue weighted by molar-refractivity contribution is 5.37. The van der Waals surface area contributed by atoms with Gasteiger partial charge in [-0.25, -0.2) is 0 Å². The van der Waals surface area contributed by atoms with Gasteiger partial charge in [0.1, 0.15) is 12.4 Å².